The Hall–Kier alpha value is -2.33. The molecule has 1 N–H and O–H groups in total. The van der Waals surface area contributed by atoms with Crippen LogP contribution >= 0.6 is 0 Å². The van der Waals surface area contributed by atoms with Gasteiger partial charge in [0.2, 0.25) is 0 Å². The second-order valence-electron chi connectivity index (χ2n) is 7.18. The Labute approximate surface area is 146 Å². The molecule has 0 saturated carbocycles. The normalized spacial score (nSPS) is 18.8. The summed E-state index contributed by atoms with van der Waals surface area (Å²) in [4.78, 5) is 13.2. The van der Waals surface area contributed by atoms with Crippen LogP contribution in [0.2, 0.25) is 0 Å². The third-order valence-electron chi connectivity index (χ3n) is 5.18. The molecule has 4 nitrogen and oxygen atoms in total. The van der Waals surface area contributed by atoms with E-state index in [4.69, 9.17) is 14.3 Å². The van der Waals surface area contributed by atoms with Crippen molar-refractivity contribution in [2.45, 2.75) is 38.5 Å². The van der Waals surface area contributed by atoms with Gasteiger partial charge in [0, 0.05) is 35.8 Å². The third kappa shape index (κ3) is 2.44. The number of carbonyl (C=O) groups excluding carboxylic acids is 1. The van der Waals surface area contributed by atoms with E-state index in [1.807, 2.05) is 30.3 Å². The van der Waals surface area contributed by atoms with E-state index in [1.54, 1.807) is 0 Å². The number of carbonyl (C=O) groups is 1. The quantitative estimate of drug-likeness (QED) is 0.845. The molecule has 2 aliphatic carbocycles. The monoisotopic (exact) mass is 338 g/mol. The molecule has 0 atom stereocenters. The second-order valence-corrected chi connectivity index (χ2v) is 7.18. The first kappa shape index (κ1) is 16.2. The molecule has 4 rings (SSSR count). The number of para-hydroxylation sites is 1. The number of rotatable bonds is 4. The molecule has 1 heterocycles. The van der Waals surface area contributed by atoms with Crippen LogP contribution in [-0.4, -0.2) is 24.1 Å². The van der Waals surface area contributed by atoms with Crippen molar-refractivity contribution in [1.29, 1.82) is 0 Å². The number of aliphatic hydroxyl groups excluding tert-OH is 1. The molecule has 0 aliphatic heterocycles. The van der Waals surface area contributed by atoms with Crippen molar-refractivity contribution in [1.82, 2.24) is 0 Å². The summed E-state index contributed by atoms with van der Waals surface area (Å²) in [5, 5.41) is 9.81. The molecule has 2 aromatic rings. The predicted molar refractivity (Wildman–Crippen MR) is 95.6 cm³/mol. The van der Waals surface area contributed by atoms with Gasteiger partial charge in [-0.1, -0.05) is 18.2 Å². The number of ketones is 1. The molecule has 0 radical (unpaired) electrons. The van der Waals surface area contributed by atoms with Gasteiger partial charge in [-0.15, -0.1) is 0 Å². The van der Waals surface area contributed by atoms with Crippen LogP contribution in [0.4, 0.5) is 0 Å². The van der Waals surface area contributed by atoms with Gasteiger partial charge >= 0.3 is 0 Å². The summed E-state index contributed by atoms with van der Waals surface area (Å²) in [6.45, 7) is 4.81. The lowest BCUT2D eigenvalue weighted by Gasteiger charge is -2.34. The van der Waals surface area contributed by atoms with Crippen LogP contribution < -0.4 is 0 Å². The lowest BCUT2D eigenvalue weighted by molar-refractivity contribution is 0.101. The summed E-state index contributed by atoms with van der Waals surface area (Å²) in [6, 6.07) is 7.74. The lowest BCUT2D eigenvalue weighted by Crippen LogP contribution is -2.31. The molecule has 0 unspecified atom stereocenters. The highest BCUT2D eigenvalue weighted by Gasteiger charge is 2.43. The van der Waals surface area contributed by atoms with E-state index in [0.717, 1.165) is 45.6 Å². The molecule has 0 fully saturated rings. The molecule has 1 aromatic carbocycles. The van der Waals surface area contributed by atoms with Gasteiger partial charge in [-0.25, -0.2) is 0 Å². The topological polar surface area (TPSA) is 59.7 Å². The van der Waals surface area contributed by atoms with Crippen molar-refractivity contribution < 1.29 is 19.1 Å². The van der Waals surface area contributed by atoms with Gasteiger partial charge in [-0.3, -0.25) is 4.79 Å². The Bertz CT molecular complexity index is 911. The van der Waals surface area contributed by atoms with Crippen molar-refractivity contribution in [3.05, 3.63) is 58.6 Å². The highest BCUT2D eigenvalue weighted by atomic mass is 16.5. The molecular weight excluding hydrogens is 316 g/mol. The summed E-state index contributed by atoms with van der Waals surface area (Å²) in [7, 11) is 0. The largest absolute Gasteiger partial charge is 0.498 e. The van der Waals surface area contributed by atoms with Gasteiger partial charge in [0.15, 0.2) is 5.78 Å². The molecule has 0 bridgehead atoms. The van der Waals surface area contributed by atoms with Crippen LogP contribution in [-0.2, 0) is 10.2 Å². The minimum absolute atomic E-state index is 0.0833. The average Bonchev–Trinajstić information content (AvgIpc) is 3.01. The van der Waals surface area contributed by atoms with Gasteiger partial charge in [-0.05, 0) is 38.0 Å². The second kappa shape index (κ2) is 5.88. The zero-order valence-corrected chi connectivity index (χ0v) is 14.6. The molecule has 25 heavy (non-hydrogen) atoms. The minimum atomic E-state index is -0.385. The smallest absolute Gasteiger partial charge is 0.193 e. The Morgan fingerprint density at radius 1 is 1.24 bits per heavy atom. The van der Waals surface area contributed by atoms with Crippen molar-refractivity contribution in [2.75, 3.05) is 13.2 Å². The zero-order valence-electron chi connectivity index (χ0n) is 14.6. The fourth-order valence-corrected chi connectivity index (χ4v) is 3.86. The maximum absolute atomic E-state index is 13.2. The first-order chi connectivity index (χ1) is 12.0. The van der Waals surface area contributed by atoms with E-state index < -0.39 is 0 Å². The lowest BCUT2D eigenvalue weighted by atomic mass is 9.69. The molecule has 0 saturated heterocycles. The molecule has 4 heteroatoms. The van der Waals surface area contributed by atoms with E-state index in [2.05, 4.69) is 13.8 Å². The minimum Gasteiger partial charge on any atom is -0.498 e. The standard InChI is InChI=1S/C21H22O4/c1-21(2)16-12-13(24-11-5-10-22)8-9-14(16)19(23)18-15-6-3-4-7-17(15)25-20(18)21/h3-4,6-7,12,22H,5,8-11H2,1-2H3. The number of allylic oxidation sites excluding steroid dienone is 4. The van der Waals surface area contributed by atoms with Crippen molar-refractivity contribution in [3.8, 4) is 0 Å². The molecule has 130 valence electrons. The average molecular weight is 338 g/mol. The summed E-state index contributed by atoms with van der Waals surface area (Å²) in [5.74, 6) is 1.71. The Morgan fingerprint density at radius 2 is 2.04 bits per heavy atom. The van der Waals surface area contributed by atoms with Crippen LogP contribution in [0.5, 0.6) is 0 Å². The van der Waals surface area contributed by atoms with Gasteiger partial charge in [0.1, 0.15) is 11.3 Å². The number of aliphatic hydroxyl groups is 1. The highest BCUT2D eigenvalue weighted by Crippen LogP contribution is 2.48. The zero-order chi connectivity index (χ0) is 17.6. The van der Waals surface area contributed by atoms with E-state index >= 15 is 0 Å². The summed E-state index contributed by atoms with van der Waals surface area (Å²) in [6.07, 6.45) is 4.02. The Kier molecular flexibility index (Phi) is 3.80. The molecule has 0 spiro atoms. The maximum Gasteiger partial charge on any atom is 0.193 e. The molecular formula is C21H22O4. The number of hydrogen-bond acceptors (Lipinski definition) is 4. The first-order valence-corrected chi connectivity index (χ1v) is 8.78. The van der Waals surface area contributed by atoms with E-state index in [9.17, 15) is 4.79 Å². The van der Waals surface area contributed by atoms with Crippen LogP contribution in [0.25, 0.3) is 11.0 Å². The van der Waals surface area contributed by atoms with E-state index in [0.29, 0.717) is 19.4 Å². The number of fused-ring (bicyclic) bond motifs is 3. The summed E-state index contributed by atoms with van der Waals surface area (Å²) in [5.41, 5.74) is 2.96. The van der Waals surface area contributed by atoms with Crippen LogP contribution in [0.3, 0.4) is 0 Å². The summed E-state index contributed by atoms with van der Waals surface area (Å²) < 4.78 is 11.9. The maximum atomic E-state index is 13.2. The fraction of sp³-hybridized carbons (Fsp3) is 0.381. The molecule has 1 aromatic heterocycles. The van der Waals surface area contributed by atoms with Crippen LogP contribution in [0, 0.1) is 0 Å². The van der Waals surface area contributed by atoms with E-state index in [1.165, 1.54) is 0 Å². The van der Waals surface area contributed by atoms with Crippen LogP contribution in [0.15, 0.2) is 51.7 Å². The Morgan fingerprint density at radius 3 is 2.84 bits per heavy atom. The third-order valence-corrected chi connectivity index (χ3v) is 5.18. The van der Waals surface area contributed by atoms with Crippen molar-refractivity contribution in [2.24, 2.45) is 0 Å². The number of furan rings is 1. The summed E-state index contributed by atoms with van der Waals surface area (Å²) >= 11 is 0. The van der Waals surface area contributed by atoms with Crippen LogP contribution in [0.1, 0.15) is 49.2 Å². The van der Waals surface area contributed by atoms with Gasteiger partial charge in [0.25, 0.3) is 0 Å². The first-order valence-electron chi connectivity index (χ1n) is 8.78. The van der Waals surface area contributed by atoms with Crippen molar-refractivity contribution >= 4 is 16.8 Å². The van der Waals surface area contributed by atoms with Gasteiger partial charge in [0.05, 0.1) is 17.9 Å². The predicted octanol–water partition coefficient (Wildman–Crippen LogP) is 4.28. The Balaban J connectivity index is 1.81. The molecule has 0 amide bonds. The SMILES string of the molecule is CC1(C)C2=C(CCC(OCCCO)=C2)C(=O)c2c1oc1ccccc21. The highest BCUT2D eigenvalue weighted by molar-refractivity contribution is 6.19. The number of ether oxygens (including phenoxy) is 1. The van der Waals surface area contributed by atoms with E-state index in [-0.39, 0.29) is 17.8 Å². The molecule has 2 aliphatic rings. The fourth-order valence-electron chi connectivity index (χ4n) is 3.86. The number of hydrogen-bond donors (Lipinski definition) is 1. The number of benzene rings is 1. The number of Topliss-reactive ketones (excluding diaryl/α,β-unsaturated/α-hetero) is 1. The van der Waals surface area contributed by atoms with Gasteiger partial charge < -0.3 is 14.3 Å². The van der Waals surface area contributed by atoms with Crippen molar-refractivity contribution in [3.63, 3.8) is 0 Å². The van der Waals surface area contributed by atoms with Gasteiger partial charge in [-0.2, -0.15) is 0 Å².